The number of hydrogen-bond donors (Lipinski definition) is 1. The third kappa shape index (κ3) is 4.25. The van der Waals surface area contributed by atoms with Crippen molar-refractivity contribution in [2.24, 2.45) is 5.73 Å². The summed E-state index contributed by atoms with van der Waals surface area (Å²) in [6.45, 7) is 7.11. The van der Waals surface area contributed by atoms with Gasteiger partial charge in [-0.25, -0.2) is 4.39 Å². The van der Waals surface area contributed by atoms with Gasteiger partial charge in [0.1, 0.15) is 5.82 Å². The molecule has 0 spiro atoms. The van der Waals surface area contributed by atoms with Crippen LogP contribution in [0.25, 0.3) is 0 Å². The molecule has 0 bridgehead atoms. The second-order valence-electron chi connectivity index (χ2n) is 5.89. The van der Waals surface area contributed by atoms with E-state index in [1.807, 2.05) is 12.1 Å². The first-order valence-electron chi connectivity index (χ1n) is 7.97. The van der Waals surface area contributed by atoms with E-state index in [1.165, 1.54) is 0 Å². The van der Waals surface area contributed by atoms with E-state index in [9.17, 15) is 4.39 Å². The smallest absolute Gasteiger partial charge is 0.126 e. The number of piperidine rings is 1. The molecule has 2 N–H and O–H groups in total. The molecule has 0 amide bonds. The van der Waals surface area contributed by atoms with Gasteiger partial charge in [0.2, 0.25) is 0 Å². The molecule has 1 aromatic rings. The first-order valence-corrected chi connectivity index (χ1v) is 7.97. The fourth-order valence-electron chi connectivity index (χ4n) is 2.98. The van der Waals surface area contributed by atoms with E-state index in [0.717, 1.165) is 44.5 Å². The number of benzene rings is 1. The third-order valence-electron chi connectivity index (χ3n) is 4.21. The average molecular weight is 294 g/mol. The van der Waals surface area contributed by atoms with Crippen LogP contribution in [-0.4, -0.2) is 37.2 Å². The Hall–Kier alpha value is -0.970. The summed E-state index contributed by atoms with van der Waals surface area (Å²) in [6.07, 6.45) is 3.54. The Morgan fingerprint density at radius 1 is 1.48 bits per heavy atom. The van der Waals surface area contributed by atoms with Crippen LogP contribution >= 0.6 is 0 Å². The number of nitrogens with zero attached hydrogens (tertiary/aromatic N) is 1. The molecule has 2 rings (SSSR count). The van der Waals surface area contributed by atoms with Gasteiger partial charge in [0, 0.05) is 25.7 Å². The van der Waals surface area contributed by atoms with Crippen molar-refractivity contribution in [1.29, 1.82) is 0 Å². The number of nitrogens with two attached hydrogens (primary N) is 1. The van der Waals surface area contributed by atoms with Crippen molar-refractivity contribution in [3.8, 4) is 0 Å². The van der Waals surface area contributed by atoms with E-state index in [-0.39, 0.29) is 18.0 Å². The number of rotatable bonds is 6. The molecule has 21 heavy (non-hydrogen) atoms. The normalized spacial score (nSPS) is 21.4. The van der Waals surface area contributed by atoms with Crippen molar-refractivity contribution in [3.05, 3.63) is 35.1 Å². The molecule has 1 saturated heterocycles. The molecule has 1 aromatic carbocycles. The van der Waals surface area contributed by atoms with Crippen LogP contribution in [0.4, 0.5) is 4.39 Å². The van der Waals surface area contributed by atoms with Crippen LogP contribution in [0.15, 0.2) is 18.2 Å². The first-order chi connectivity index (χ1) is 10.2. The topological polar surface area (TPSA) is 38.5 Å². The van der Waals surface area contributed by atoms with Crippen LogP contribution in [-0.2, 0) is 4.74 Å². The lowest BCUT2D eigenvalue weighted by molar-refractivity contribution is -0.0118. The highest BCUT2D eigenvalue weighted by molar-refractivity contribution is 5.26. The molecule has 0 radical (unpaired) electrons. The second-order valence-corrected chi connectivity index (χ2v) is 5.89. The maximum Gasteiger partial charge on any atom is 0.126 e. The van der Waals surface area contributed by atoms with Gasteiger partial charge in [-0.1, -0.05) is 19.1 Å². The molecule has 118 valence electrons. The first kappa shape index (κ1) is 16.4. The van der Waals surface area contributed by atoms with Crippen molar-refractivity contribution in [3.63, 3.8) is 0 Å². The molecular weight excluding hydrogens is 267 g/mol. The zero-order valence-electron chi connectivity index (χ0n) is 13.1. The molecule has 1 aliphatic heterocycles. The van der Waals surface area contributed by atoms with Crippen LogP contribution in [0.2, 0.25) is 0 Å². The molecule has 0 aromatic heterocycles. The minimum atomic E-state index is -0.151. The maximum atomic E-state index is 13.8. The number of halogens is 1. The number of hydrogen-bond acceptors (Lipinski definition) is 3. The Morgan fingerprint density at radius 3 is 2.95 bits per heavy atom. The van der Waals surface area contributed by atoms with Gasteiger partial charge < -0.3 is 10.5 Å². The van der Waals surface area contributed by atoms with Crippen molar-refractivity contribution in [2.45, 2.75) is 45.3 Å². The monoisotopic (exact) mass is 294 g/mol. The Balaban J connectivity index is 2.07. The standard InChI is InChI=1S/C17H27FN2O/c1-3-9-21-15-5-4-8-20(12-15)17(11-19)14-7-6-13(2)16(18)10-14/h6-7,10,15,17H,3-5,8-9,11-12,19H2,1-2H3. The fraction of sp³-hybridized carbons (Fsp3) is 0.647. The van der Waals surface area contributed by atoms with E-state index >= 15 is 0 Å². The van der Waals surface area contributed by atoms with Gasteiger partial charge in [-0.15, -0.1) is 0 Å². The number of ether oxygens (including phenoxy) is 1. The van der Waals surface area contributed by atoms with E-state index in [4.69, 9.17) is 10.5 Å². The summed E-state index contributed by atoms with van der Waals surface area (Å²) in [4.78, 5) is 2.34. The van der Waals surface area contributed by atoms with Gasteiger partial charge in [0.15, 0.2) is 0 Å². The van der Waals surface area contributed by atoms with Crippen LogP contribution in [0, 0.1) is 12.7 Å². The largest absolute Gasteiger partial charge is 0.377 e. The summed E-state index contributed by atoms with van der Waals surface area (Å²) in [5, 5.41) is 0. The highest BCUT2D eigenvalue weighted by atomic mass is 19.1. The van der Waals surface area contributed by atoms with Crippen LogP contribution in [0.3, 0.4) is 0 Å². The summed E-state index contributed by atoms with van der Waals surface area (Å²) in [7, 11) is 0. The third-order valence-corrected chi connectivity index (χ3v) is 4.21. The Kier molecular flexibility index (Phi) is 6.15. The Labute approximate surface area is 127 Å². The second kappa shape index (κ2) is 7.87. The quantitative estimate of drug-likeness (QED) is 0.876. The zero-order chi connectivity index (χ0) is 15.2. The SMILES string of the molecule is CCCOC1CCCN(C(CN)c2ccc(C)c(F)c2)C1. The molecule has 0 saturated carbocycles. The molecule has 4 heteroatoms. The Morgan fingerprint density at radius 2 is 2.29 bits per heavy atom. The van der Waals surface area contributed by atoms with Gasteiger partial charge >= 0.3 is 0 Å². The average Bonchev–Trinajstić information content (AvgIpc) is 2.50. The molecule has 1 fully saturated rings. The lowest BCUT2D eigenvalue weighted by Gasteiger charge is -2.38. The number of likely N-dealkylation sites (tertiary alicyclic amines) is 1. The van der Waals surface area contributed by atoms with E-state index < -0.39 is 0 Å². The van der Waals surface area contributed by atoms with Crippen LogP contribution in [0.5, 0.6) is 0 Å². The van der Waals surface area contributed by atoms with Gasteiger partial charge in [-0.3, -0.25) is 4.90 Å². The van der Waals surface area contributed by atoms with Crippen molar-refractivity contribution < 1.29 is 9.13 Å². The fourth-order valence-corrected chi connectivity index (χ4v) is 2.98. The highest BCUT2D eigenvalue weighted by Crippen LogP contribution is 2.26. The van der Waals surface area contributed by atoms with E-state index in [2.05, 4.69) is 11.8 Å². The maximum absolute atomic E-state index is 13.8. The van der Waals surface area contributed by atoms with Gasteiger partial charge in [-0.2, -0.15) is 0 Å². The lowest BCUT2D eigenvalue weighted by Crippen LogP contribution is -2.44. The van der Waals surface area contributed by atoms with Crippen molar-refractivity contribution in [1.82, 2.24) is 4.90 Å². The van der Waals surface area contributed by atoms with Crippen molar-refractivity contribution >= 4 is 0 Å². The predicted molar refractivity (Wildman–Crippen MR) is 83.8 cm³/mol. The van der Waals surface area contributed by atoms with Crippen LogP contribution in [0.1, 0.15) is 43.4 Å². The molecule has 1 heterocycles. The lowest BCUT2D eigenvalue weighted by atomic mass is 9.99. The molecule has 2 atom stereocenters. The zero-order valence-corrected chi connectivity index (χ0v) is 13.1. The van der Waals surface area contributed by atoms with E-state index in [1.54, 1.807) is 13.0 Å². The van der Waals surface area contributed by atoms with Crippen LogP contribution < -0.4 is 5.73 Å². The predicted octanol–water partition coefficient (Wildman–Crippen LogP) is 3.02. The van der Waals surface area contributed by atoms with Gasteiger partial charge in [-0.05, 0) is 49.9 Å². The highest BCUT2D eigenvalue weighted by Gasteiger charge is 2.26. The van der Waals surface area contributed by atoms with E-state index in [0.29, 0.717) is 12.1 Å². The summed E-state index contributed by atoms with van der Waals surface area (Å²) in [5.41, 5.74) is 7.61. The minimum Gasteiger partial charge on any atom is -0.377 e. The summed E-state index contributed by atoms with van der Waals surface area (Å²) in [6, 6.07) is 5.53. The molecule has 1 aliphatic rings. The summed E-state index contributed by atoms with van der Waals surface area (Å²) < 4.78 is 19.7. The van der Waals surface area contributed by atoms with Gasteiger partial charge in [0.05, 0.1) is 6.10 Å². The minimum absolute atomic E-state index is 0.0770. The Bertz CT molecular complexity index is 452. The molecule has 3 nitrogen and oxygen atoms in total. The van der Waals surface area contributed by atoms with Crippen molar-refractivity contribution in [2.75, 3.05) is 26.2 Å². The summed E-state index contributed by atoms with van der Waals surface area (Å²) in [5.74, 6) is -0.151. The summed E-state index contributed by atoms with van der Waals surface area (Å²) >= 11 is 0. The molecular formula is C17H27FN2O. The molecule has 2 unspecified atom stereocenters. The molecule has 0 aliphatic carbocycles. The van der Waals surface area contributed by atoms with Gasteiger partial charge in [0.25, 0.3) is 0 Å². The number of aryl methyl sites for hydroxylation is 1.